The molecule has 0 amide bonds. The molecule has 1 aliphatic carbocycles. The smallest absolute Gasteiger partial charge is 0.394 e. The van der Waals surface area contributed by atoms with E-state index in [4.69, 9.17) is 0 Å². The number of alkyl halides is 3. The van der Waals surface area contributed by atoms with E-state index < -0.39 is 5.51 Å². The molecule has 5 nitrogen and oxygen atoms in total. The fourth-order valence-corrected chi connectivity index (χ4v) is 3.29. The van der Waals surface area contributed by atoms with Crippen molar-refractivity contribution in [3.05, 3.63) is 36.0 Å². The summed E-state index contributed by atoms with van der Waals surface area (Å²) in [5.41, 5.74) is -2.93. The Bertz CT molecular complexity index is 812. The predicted octanol–water partition coefficient (Wildman–Crippen LogP) is 5.14. The topological polar surface area (TPSA) is 70.1 Å². The van der Waals surface area contributed by atoms with Crippen LogP contribution in [0.3, 0.4) is 0 Å². The highest BCUT2D eigenvalue weighted by molar-refractivity contribution is 8.00. The summed E-state index contributed by atoms with van der Waals surface area (Å²) in [7, 11) is 0. The molecule has 1 heterocycles. The van der Waals surface area contributed by atoms with Crippen molar-refractivity contribution in [1.29, 1.82) is 0 Å². The Morgan fingerprint density at radius 1 is 1.21 bits per heavy atom. The van der Waals surface area contributed by atoms with Crippen molar-refractivity contribution in [2.75, 3.05) is 17.2 Å². The lowest BCUT2D eigenvalue weighted by Crippen LogP contribution is -2.30. The number of aliphatic hydroxyl groups excluding tert-OH is 1. The summed E-state index contributed by atoms with van der Waals surface area (Å²) in [6.45, 7) is 3.93. The van der Waals surface area contributed by atoms with E-state index in [2.05, 4.69) is 20.6 Å². The molecule has 3 rings (SSSR count). The Labute approximate surface area is 166 Å². The van der Waals surface area contributed by atoms with Crippen molar-refractivity contribution in [3.8, 4) is 0 Å². The first-order valence-electron chi connectivity index (χ1n) is 9.12. The molecule has 0 radical (unpaired) electrons. The summed E-state index contributed by atoms with van der Waals surface area (Å²) in [5.74, 6) is 1.47. The van der Waals surface area contributed by atoms with Gasteiger partial charge in [0.15, 0.2) is 0 Å². The van der Waals surface area contributed by atoms with Gasteiger partial charge in [-0.2, -0.15) is 18.2 Å². The van der Waals surface area contributed by atoms with Crippen LogP contribution >= 0.6 is 11.8 Å². The van der Waals surface area contributed by atoms with Crippen LogP contribution in [0.15, 0.2) is 35.2 Å². The zero-order chi connectivity index (χ0) is 20.3. The van der Waals surface area contributed by atoms with Gasteiger partial charge in [-0.1, -0.05) is 19.9 Å². The van der Waals surface area contributed by atoms with Crippen LogP contribution in [0.5, 0.6) is 0 Å². The highest BCUT2D eigenvalue weighted by Gasteiger charge is 2.29. The van der Waals surface area contributed by atoms with E-state index in [-0.39, 0.29) is 35.2 Å². The van der Waals surface area contributed by atoms with Crippen LogP contribution in [0.4, 0.5) is 30.6 Å². The van der Waals surface area contributed by atoms with E-state index >= 15 is 0 Å². The molecule has 2 aromatic rings. The van der Waals surface area contributed by atoms with Crippen LogP contribution in [-0.2, 0) is 0 Å². The Hall–Kier alpha value is -2.00. The maximum Gasteiger partial charge on any atom is 0.446 e. The molecule has 1 aliphatic rings. The van der Waals surface area contributed by atoms with E-state index in [1.165, 1.54) is 12.1 Å². The standard InChI is InChI=1S/C19H23F3N4OS/c1-11(2)16(10-27)25-18-24-15(12-6-7-12)9-17(26-18)23-13-4-3-5-14(8-13)28-19(20,21)22/h3-5,8-9,11-12,16,27H,6-7,10H2,1-2H3,(H2,23,24,25,26)/t16-/m0/s1. The monoisotopic (exact) mass is 412 g/mol. The number of nitrogens with zero attached hydrogens (tertiary/aromatic N) is 2. The maximum absolute atomic E-state index is 12.6. The quantitative estimate of drug-likeness (QED) is 0.522. The average Bonchev–Trinajstić information content (AvgIpc) is 3.43. The van der Waals surface area contributed by atoms with E-state index in [9.17, 15) is 18.3 Å². The second kappa shape index (κ2) is 8.57. The summed E-state index contributed by atoms with van der Waals surface area (Å²) in [4.78, 5) is 9.09. The highest BCUT2D eigenvalue weighted by atomic mass is 32.2. The zero-order valence-corrected chi connectivity index (χ0v) is 16.4. The second-order valence-corrected chi connectivity index (χ2v) is 8.29. The van der Waals surface area contributed by atoms with Crippen LogP contribution in [0.1, 0.15) is 38.3 Å². The third-order valence-corrected chi connectivity index (χ3v) is 5.12. The summed E-state index contributed by atoms with van der Waals surface area (Å²) in [5, 5.41) is 15.8. The molecule has 0 saturated heterocycles. The number of halogens is 3. The number of nitrogens with one attached hydrogen (secondary N) is 2. The van der Waals surface area contributed by atoms with Crippen molar-refractivity contribution >= 4 is 29.2 Å². The van der Waals surface area contributed by atoms with Gasteiger partial charge >= 0.3 is 5.51 Å². The number of hydrogen-bond donors (Lipinski definition) is 3. The van der Waals surface area contributed by atoms with Crippen LogP contribution in [0.25, 0.3) is 0 Å². The first kappa shape index (κ1) is 20.7. The highest BCUT2D eigenvalue weighted by Crippen LogP contribution is 2.41. The Balaban J connectivity index is 1.82. The lowest BCUT2D eigenvalue weighted by atomic mass is 10.1. The van der Waals surface area contributed by atoms with Crippen LogP contribution in [0, 0.1) is 5.92 Å². The van der Waals surface area contributed by atoms with Gasteiger partial charge in [0.05, 0.1) is 18.3 Å². The number of anilines is 3. The molecule has 152 valence electrons. The minimum atomic E-state index is -4.33. The van der Waals surface area contributed by atoms with Crippen LogP contribution < -0.4 is 10.6 Å². The summed E-state index contributed by atoms with van der Waals surface area (Å²) >= 11 is -0.152. The van der Waals surface area contributed by atoms with E-state index in [1.807, 2.05) is 19.9 Å². The van der Waals surface area contributed by atoms with E-state index in [1.54, 1.807) is 12.1 Å². The SMILES string of the molecule is CC(C)[C@H](CO)Nc1nc(Nc2cccc(SC(F)(F)F)c2)cc(C2CC2)n1. The maximum atomic E-state index is 12.6. The van der Waals surface area contributed by atoms with Gasteiger partial charge in [0, 0.05) is 22.6 Å². The van der Waals surface area contributed by atoms with E-state index in [0.717, 1.165) is 18.5 Å². The van der Waals surface area contributed by atoms with Gasteiger partial charge in [-0.3, -0.25) is 0 Å². The molecule has 1 saturated carbocycles. The molecular weight excluding hydrogens is 389 g/mol. The molecule has 28 heavy (non-hydrogen) atoms. The minimum absolute atomic E-state index is 0.0475. The molecule has 0 spiro atoms. The third kappa shape index (κ3) is 6.00. The minimum Gasteiger partial charge on any atom is -0.394 e. The van der Waals surface area contributed by atoms with Crippen molar-refractivity contribution in [2.24, 2.45) is 5.92 Å². The van der Waals surface area contributed by atoms with Crippen molar-refractivity contribution in [3.63, 3.8) is 0 Å². The van der Waals surface area contributed by atoms with Gasteiger partial charge in [-0.05, 0) is 48.7 Å². The number of aromatic nitrogens is 2. The Kier molecular flexibility index (Phi) is 6.34. The average molecular weight is 412 g/mol. The number of aliphatic hydroxyl groups is 1. The molecular formula is C19H23F3N4OS. The van der Waals surface area contributed by atoms with Crippen LogP contribution in [0.2, 0.25) is 0 Å². The summed E-state index contributed by atoms with van der Waals surface area (Å²) in [6, 6.07) is 7.76. The summed E-state index contributed by atoms with van der Waals surface area (Å²) in [6.07, 6.45) is 2.11. The van der Waals surface area contributed by atoms with Gasteiger partial charge in [-0.25, -0.2) is 4.98 Å². The first-order chi connectivity index (χ1) is 13.2. The van der Waals surface area contributed by atoms with Gasteiger partial charge in [-0.15, -0.1) is 0 Å². The third-order valence-electron chi connectivity index (χ3n) is 4.40. The normalized spacial score (nSPS) is 15.5. The fraction of sp³-hybridized carbons (Fsp3) is 0.474. The Morgan fingerprint density at radius 3 is 2.57 bits per heavy atom. The molecule has 0 bridgehead atoms. The molecule has 3 N–H and O–H groups in total. The number of rotatable bonds is 8. The van der Waals surface area contributed by atoms with Crippen molar-refractivity contribution < 1.29 is 18.3 Å². The van der Waals surface area contributed by atoms with Gasteiger partial charge in [0.2, 0.25) is 5.95 Å². The molecule has 1 fully saturated rings. The lowest BCUT2D eigenvalue weighted by molar-refractivity contribution is -0.0328. The number of hydrogen-bond acceptors (Lipinski definition) is 6. The van der Waals surface area contributed by atoms with Gasteiger partial charge < -0.3 is 15.7 Å². The zero-order valence-electron chi connectivity index (χ0n) is 15.6. The Morgan fingerprint density at radius 2 is 1.96 bits per heavy atom. The van der Waals surface area contributed by atoms with Gasteiger partial charge in [0.25, 0.3) is 0 Å². The van der Waals surface area contributed by atoms with Crippen molar-refractivity contribution in [1.82, 2.24) is 9.97 Å². The lowest BCUT2D eigenvalue weighted by Gasteiger charge is -2.20. The molecule has 1 aromatic carbocycles. The molecule has 0 unspecified atom stereocenters. The van der Waals surface area contributed by atoms with Gasteiger partial charge in [0.1, 0.15) is 5.82 Å². The summed E-state index contributed by atoms with van der Waals surface area (Å²) < 4.78 is 37.8. The van der Waals surface area contributed by atoms with Crippen LogP contribution in [-0.4, -0.2) is 33.2 Å². The largest absolute Gasteiger partial charge is 0.446 e. The second-order valence-electron chi connectivity index (χ2n) is 7.15. The molecule has 1 atom stereocenters. The first-order valence-corrected chi connectivity index (χ1v) is 9.94. The fourth-order valence-electron chi connectivity index (χ4n) is 2.69. The molecule has 9 heteroatoms. The number of benzene rings is 1. The molecule has 1 aromatic heterocycles. The molecule has 0 aliphatic heterocycles. The number of thioether (sulfide) groups is 1. The van der Waals surface area contributed by atoms with E-state index in [0.29, 0.717) is 23.4 Å². The van der Waals surface area contributed by atoms with Crippen molar-refractivity contribution in [2.45, 2.75) is 49.1 Å². The predicted molar refractivity (Wildman–Crippen MR) is 105 cm³/mol.